The lowest BCUT2D eigenvalue weighted by atomic mass is 10.1. The number of hydrogen-bond donors (Lipinski definition) is 1. The molecule has 2 atom stereocenters. The van der Waals surface area contributed by atoms with E-state index in [0.29, 0.717) is 12.0 Å². The third-order valence-corrected chi connectivity index (χ3v) is 6.80. The van der Waals surface area contributed by atoms with E-state index in [1.807, 2.05) is 13.8 Å². The third kappa shape index (κ3) is 7.74. The summed E-state index contributed by atoms with van der Waals surface area (Å²) in [6, 6.07) is 9.26. The highest BCUT2D eigenvalue weighted by molar-refractivity contribution is 7.92. The van der Waals surface area contributed by atoms with Crippen molar-refractivity contribution in [2.24, 2.45) is 0 Å². The standard InChI is InChI=1S/C24H31FN4O6S/c1-5-17(3)26-24(31)22(6-2)27(15-18-10-12-19(25)13-11-18)23(30)16-28(36(4,34)35)20-8-7-9-21(14-20)29(32)33/h7-14,17,22H,5-6,15-16H2,1-4H3,(H,26,31)/t17-,22+/m1/s1. The molecule has 2 aromatic rings. The predicted octanol–water partition coefficient (Wildman–Crippen LogP) is 3.22. The predicted molar refractivity (Wildman–Crippen MR) is 134 cm³/mol. The Labute approximate surface area is 210 Å². The number of carbonyl (C=O) groups is 2. The molecule has 2 aromatic carbocycles. The van der Waals surface area contributed by atoms with Gasteiger partial charge in [-0.15, -0.1) is 0 Å². The molecule has 0 unspecified atom stereocenters. The molecule has 10 nitrogen and oxygen atoms in total. The number of carbonyl (C=O) groups excluding carboxylic acids is 2. The van der Waals surface area contributed by atoms with Gasteiger partial charge in [-0.3, -0.25) is 24.0 Å². The van der Waals surface area contributed by atoms with Gasteiger partial charge in [-0.25, -0.2) is 12.8 Å². The van der Waals surface area contributed by atoms with Gasteiger partial charge in [0.1, 0.15) is 18.4 Å². The summed E-state index contributed by atoms with van der Waals surface area (Å²) in [5.41, 5.74) is 0.149. The van der Waals surface area contributed by atoms with Crippen molar-refractivity contribution in [2.75, 3.05) is 17.1 Å². The van der Waals surface area contributed by atoms with Crippen molar-refractivity contribution in [3.8, 4) is 0 Å². The molecule has 0 saturated heterocycles. The van der Waals surface area contributed by atoms with Crippen molar-refractivity contribution in [1.82, 2.24) is 10.2 Å². The average molecular weight is 523 g/mol. The summed E-state index contributed by atoms with van der Waals surface area (Å²) in [5, 5.41) is 14.0. The number of hydrogen-bond acceptors (Lipinski definition) is 6. The number of non-ortho nitro benzene ring substituents is 1. The van der Waals surface area contributed by atoms with Crippen molar-refractivity contribution in [3.05, 3.63) is 70.0 Å². The van der Waals surface area contributed by atoms with E-state index >= 15 is 0 Å². The Morgan fingerprint density at radius 1 is 1.11 bits per heavy atom. The Bertz CT molecular complexity index is 1190. The number of nitro benzene ring substituents is 1. The van der Waals surface area contributed by atoms with Gasteiger partial charge in [-0.05, 0) is 43.5 Å². The fraction of sp³-hybridized carbons (Fsp3) is 0.417. The molecule has 196 valence electrons. The SMILES string of the molecule is CC[C@@H](C)NC(=O)[C@H](CC)N(Cc1ccc(F)cc1)C(=O)CN(c1cccc([N+](=O)[O-])c1)S(C)(=O)=O. The Kier molecular flexibility index (Phi) is 9.91. The number of amides is 2. The zero-order chi connectivity index (χ0) is 27.0. The van der Waals surface area contributed by atoms with Gasteiger partial charge in [-0.1, -0.05) is 32.0 Å². The fourth-order valence-electron chi connectivity index (χ4n) is 3.52. The highest BCUT2D eigenvalue weighted by atomic mass is 32.2. The van der Waals surface area contributed by atoms with Crippen LogP contribution >= 0.6 is 0 Å². The van der Waals surface area contributed by atoms with Gasteiger partial charge in [0.2, 0.25) is 21.8 Å². The van der Waals surface area contributed by atoms with E-state index < -0.39 is 45.2 Å². The smallest absolute Gasteiger partial charge is 0.271 e. The second kappa shape index (κ2) is 12.4. The van der Waals surface area contributed by atoms with E-state index in [9.17, 15) is 32.5 Å². The molecule has 1 N–H and O–H groups in total. The first kappa shape index (κ1) is 28.7. The Hall–Kier alpha value is -3.54. The molecule has 12 heteroatoms. The first-order chi connectivity index (χ1) is 16.9. The molecule has 0 aliphatic heterocycles. The summed E-state index contributed by atoms with van der Waals surface area (Å²) in [6.07, 6.45) is 1.80. The number of anilines is 1. The zero-order valence-corrected chi connectivity index (χ0v) is 21.5. The molecule has 2 rings (SSSR count). The Balaban J connectivity index is 2.47. The number of halogens is 1. The van der Waals surface area contributed by atoms with E-state index in [1.165, 1.54) is 47.4 Å². The van der Waals surface area contributed by atoms with Gasteiger partial charge < -0.3 is 10.2 Å². The molecule has 36 heavy (non-hydrogen) atoms. The van der Waals surface area contributed by atoms with E-state index in [2.05, 4.69) is 5.32 Å². The number of nitrogens with one attached hydrogen (secondary N) is 1. The van der Waals surface area contributed by atoms with Gasteiger partial charge in [0.05, 0.1) is 16.9 Å². The first-order valence-electron chi connectivity index (χ1n) is 11.4. The van der Waals surface area contributed by atoms with E-state index in [1.54, 1.807) is 6.92 Å². The number of benzene rings is 2. The Morgan fingerprint density at radius 3 is 2.28 bits per heavy atom. The number of nitro groups is 1. The highest BCUT2D eigenvalue weighted by Crippen LogP contribution is 2.24. The Morgan fingerprint density at radius 2 is 1.75 bits per heavy atom. The van der Waals surface area contributed by atoms with E-state index in [4.69, 9.17) is 0 Å². The lowest BCUT2D eigenvalue weighted by molar-refractivity contribution is -0.384. The summed E-state index contributed by atoms with van der Waals surface area (Å²) in [4.78, 5) is 38.4. The van der Waals surface area contributed by atoms with E-state index in [0.717, 1.165) is 16.6 Å². The number of rotatable bonds is 12. The molecular formula is C24H31FN4O6S. The molecule has 0 spiro atoms. The van der Waals surface area contributed by atoms with Crippen LogP contribution in [0.4, 0.5) is 15.8 Å². The van der Waals surface area contributed by atoms with Crippen LogP contribution < -0.4 is 9.62 Å². The van der Waals surface area contributed by atoms with Gasteiger partial charge in [0, 0.05) is 24.7 Å². The average Bonchev–Trinajstić information content (AvgIpc) is 2.82. The summed E-state index contributed by atoms with van der Waals surface area (Å²) < 4.78 is 39.4. The molecule has 2 amide bonds. The van der Waals surface area contributed by atoms with Crippen molar-refractivity contribution >= 4 is 33.2 Å². The minimum Gasteiger partial charge on any atom is -0.352 e. The molecule has 0 saturated carbocycles. The monoisotopic (exact) mass is 522 g/mol. The van der Waals surface area contributed by atoms with Gasteiger partial charge >= 0.3 is 0 Å². The second-order valence-electron chi connectivity index (χ2n) is 8.44. The second-order valence-corrected chi connectivity index (χ2v) is 10.3. The lowest BCUT2D eigenvalue weighted by Gasteiger charge is -2.33. The molecular weight excluding hydrogens is 491 g/mol. The van der Waals surface area contributed by atoms with Crippen LogP contribution in [0.2, 0.25) is 0 Å². The summed E-state index contributed by atoms with van der Waals surface area (Å²) >= 11 is 0. The van der Waals surface area contributed by atoms with Crippen LogP contribution in [0.25, 0.3) is 0 Å². The maximum Gasteiger partial charge on any atom is 0.271 e. The third-order valence-electron chi connectivity index (χ3n) is 5.66. The van der Waals surface area contributed by atoms with E-state index in [-0.39, 0.29) is 30.4 Å². The molecule has 0 aliphatic carbocycles. The minimum absolute atomic E-state index is 0.0566. The van der Waals surface area contributed by atoms with Crippen LogP contribution in [0.3, 0.4) is 0 Å². The molecule has 0 fully saturated rings. The molecule has 0 radical (unpaired) electrons. The molecule has 0 aromatic heterocycles. The zero-order valence-electron chi connectivity index (χ0n) is 20.7. The van der Waals surface area contributed by atoms with Crippen LogP contribution in [0, 0.1) is 15.9 Å². The topological polar surface area (TPSA) is 130 Å². The maximum atomic E-state index is 13.6. The van der Waals surface area contributed by atoms with Crippen molar-refractivity contribution < 1.29 is 27.3 Å². The van der Waals surface area contributed by atoms with Crippen LogP contribution in [-0.2, 0) is 26.2 Å². The van der Waals surface area contributed by atoms with Crippen LogP contribution in [-0.4, -0.2) is 54.9 Å². The van der Waals surface area contributed by atoms with Gasteiger partial charge in [0.25, 0.3) is 5.69 Å². The largest absolute Gasteiger partial charge is 0.352 e. The lowest BCUT2D eigenvalue weighted by Crippen LogP contribution is -2.53. The molecule has 0 bridgehead atoms. The number of nitrogens with zero attached hydrogens (tertiary/aromatic N) is 3. The maximum absolute atomic E-state index is 13.6. The van der Waals surface area contributed by atoms with Crippen LogP contribution in [0.15, 0.2) is 48.5 Å². The summed E-state index contributed by atoms with van der Waals surface area (Å²) in [7, 11) is -4.03. The van der Waals surface area contributed by atoms with Gasteiger partial charge in [0.15, 0.2) is 0 Å². The van der Waals surface area contributed by atoms with Crippen molar-refractivity contribution in [3.63, 3.8) is 0 Å². The van der Waals surface area contributed by atoms with Gasteiger partial charge in [-0.2, -0.15) is 0 Å². The quantitative estimate of drug-likeness (QED) is 0.337. The minimum atomic E-state index is -4.03. The first-order valence-corrected chi connectivity index (χ1v) is 13.3. The number of sulfonamides is 1. The van der Waals surface area contributed by atoms with Crippen LogP contribution in [0.1, 0.15) is 39.2 Å². The van der Waals surface area contributed by atoms with Crippen LogP contribution in [0.5, 0.6) is 0 Å². The van der Waals surface area contributed by atoms with Crippen molar-refractivity contribution in [1.29, 1.82) is 0 Å². The fourth-order valence-corrected chi connectivity index (χ4v) is 4.36. The summed E-state index contributed by atoms with van der Waals surface area (Å²) in [5.74, 6) is -1.56. The normalized spacial score (nSPS) is 12.9. The molecule has 0 heterocycles. The van der Waals surface area contributed by atoms with Crippen molar-refractivity contribution in [2.45, 2.75) is 52.2 Å². The highest BCUT2D eigenvalue weighted by Gasteiger charge is 2.32. The molecule has 0 aliphatic rings. The summed E-state index contributed by atoms with van der Waals surface area (Å²) in [6.45, 7) is 4.69.